The Morgan fingerprint density at radius 2 is 2.00 bits per heavy atom. The first-order valence-electron chi connectivity index (χ1n) is 4.42. The molecule has 0 heterocycles. The summed E-state index contributed by atoms with van der Waals surface area (Å²) in [5, 5.41) is 8.28. The third-order valence-electron chi connectivity index (χ3n) is 1.69. The van der Waals surface area contributed by atoms with Gasteiger partial charge in [-0.3, -0.25) is 0 Å². The van der Waals surface area contributed by atoms with Crippen LogP contribution in [-0.2, 0) is 11.3 Å². The van der Waals surface area contributed by atoms with Crippen LogP contribution < -0.4 is 5.48 Å². The summed E-state index contributed by atoms with van der Waals surface area (Å²) in [7, 11) is 0. The predicted octanol–water partition coefficient (Wildman–Crippen LogP) is 1.57. The zero-order valence-electron chi connectivity index (χ0n) is 7.57. The molecule has 0 aliphatic carbocycles. The van der Waals surface area contributed by atoms with Gasteiger partial charge in [0.25, 0.3) is 0 Å². The van der Waals surface area contributed by atoms with E-state index in [1.165, 1.54) is 5.56 Å². The molecule has 0 saturated heterocycles. The van der Waals surface area contributed by atoms with Crippen molar-refractivity contribution in [1.82, 2.24) is 5.48 Å². The highest BCUT2D eigenvalue weighted by Gasteiger charge is 1.90. The molecule has 3 heteroatoms. The number of nitrogens with one attached hydrogen (secondary N) is 1. The van der Waals surface area contributed by atoms with Gasteiger partial charge in [-0.2, -0.15) is 0 Å². The Bertz CT molecular complexity index is 213. The monoisotopic (exact) mass is 181 g/mol. The second kappa shape index (κ2) is 6.60. The van der Waals surface area contributed by atoms with Gasteiger partial charge in [-0.05, 0) is 12.0 Å². The van der Waals surface area contributed by atoms with E-state index >= 15 is 0 Å². The highest BCUT2D eigenvalue weighted by molar-refractivity contribution is 5.13. The first kappa shape index (κ1) is 10.2. The second-order valence-electron chi connectivity index (χ2n) is 2.80. The lowest BCUT2D eigenvalue weighted by Gasteiger charge is -2.03. The van der Waals surface area contributed by atoms with Gasteiger partial charge in [0.2, 0.25) is 0 Å². The fraction of sp³-hybridized carbons (Fsp3) is 0.400. The van der Waals surface area contributed by atoms with Crippen LogP contribution >= 0.6 is 0 Å². The molecule has 0 fully saturated rings. The van der Waals surface area contributed by atoms with E-state index in [0.29, 0.717) is 19.8 Å². The fourth-order valence-electron chi connectivity index (χ4n) is 1.02. The Kier molecular flexibility index (Phi) is 5.17. The van der Waals surface area contributed by atoms with Gasteiger partial charge in [0, 0.05) is 13.2 Å². The molecule has 0 aliphatic heterocycles. The number of hydrogen-bond donors (Lipinski definition) is 2. The van der Waals surface area contributed by atoms with Gasteiger partial charge in [0.05, 0.1) is 6.61 Å². The second-order valence-corrected chi connectivity index (χ2v) is 2.80. The van der Waals surface area contributed by atoms with Crippen LogP contribution in [-0.4, -0.2) is 18.4 Å². The summed E-state index contributed by atoms with van der Waals surface area (Å²) in [5.41, 5.74) is 3.27. The van der Waals surface area contributed by atoms with Crippen molar-refractivity contribution in [2.75, 3.05) is 13.2 Å². The summed E-state index contributed by atoms with van der Waals surface area (Å²) in [6.07, 6.45) is 0.823. The van der Waals surface area contributed by atoms with E-state index < -0.39 is 0 Å². The molecule has 1 aromatic rings. The van der Waals surface area contributed by atoms with Crippen molar-refractivity contribution in [2.24, 2.45) is 0 Å². The Morgan fingerprint density at radius 3 is 2.69 bits per heavy atom. The Labute approximate surface area is 78.3 Å². The van der Waals surface area contributed by atoms with Crippen LogP contribution in [0.5, 0.6) is 0 Å². The molecule has 0 aliphatic rings. The number of hydrogen-bond acceptors (Lipinski definition) is 3. The van der Waals surface area contributed by atoms with E-state index in [4.69, 9.17) is 9.94 Å². The molecule has 0 radical (unpaired) electrons. The third kappa shape index (κ3) is 4.62. The summed E-state index contributed by atoms with van der Waals surface area (Å²) in [5.74, 6) is 0. The topological polar surface area (TPSA) is 41.5 Å². The summed E-state index contributed by atoms with van der Waals surface area (Å²) in [6, 6.07) is 10.0. The minimum absolute atomic E-state index is 0.578. The minimum Gasteiger partial charge on any atom is -0.377 e. The van der Waals surface area contributed by atoms with Crippen molar-refractivity contribution in [3.05, 3.63) is 35.9 Å². The fourth-order valence-corrected chi connectivity index (χ4v) is 1.02. The normalized spacial score (nSPS) is 10.2. The zero-order chi connectivity index (χ0) is 9.36. The molecule has 0 bridgehead atoms. The van der Waals surface area contributed by atoms with Crippen molar-refractivity contribution < 1.29 is 9.94 Å². The van der Waals surface area contributed by atoms with E-state index in [0.717, 1.165) is 6.42 Å². The standard InChI is InChI=1S/C10H15NO2/c12-11-7-4-8-13-9-10-5-2-1-3-6-10/h1-3,5-6,11-12H,4,7-9H2. The summed E-state index contributed by atoms with van der Waals surface area (Å²) >= 11 is 0. The molecule has 72 valence electrons. The average molecular weight is 181 g/mol. The molecule has 0 aromatic heterocycles. The summed E-state index contributed by atoms with van der Waals surface area (Å²) in [6.45, 7) is 1.89. The van der Waals surface area contributed by atoms with Gasteiger partial charge < -0.3 is 9.94 Å². The van der Waals surface area contributed by atoms with Crippen molar-refractivity contribution in [3.8, 4) is 0 Å². The first-order chi connectivity index (χ1) is 6.43. The van der Waals surface area contributed by atoms with Crippen LogP contribution in [0.4, 0.5) is 0 Å². The maximum absolute atomic E-state index is 8.28. The van der Waals surface area contributed by atoms with Gasteiger partial charge in [-0.1, -0.05) is 30.3 Å². The highest BCUT2D eigenvalue weighted by Crippen LogP contribution is 2.00. The van der Waals surface area contributed by atoms with Crippen molar-refractivity contribution in [1.29, 1.82) is 0 Å². The maximum Gasteiger partial charge on any atom is 0.0716 e. The maximum atomic E-state index is 8.28. The predicted molar refractivity (Wildman–Crippen MR) is 50.5 cm³/mol. The zero-order valence-corrected chi connectivity index (χ0v) is 7.57. The van der Waals surface area contributed by atoms with E-state index in [1.807, 2.05) is 30.3 Å². The first-order valence-corrected chi connectivity index (χ1v) is 4.42. The van der Waals surface area contributed by atoms with Crippen molar-refractivity contribution in [2.45, 2.75) is 13.0 Å². The molecular weight excluding hydrogens is 166 g/mol. The molecule has 0 atom stereocenters. The van der Waals surface area contributed by atoms with Crippen LogP contribution in [0.1, 0.15) is 12.0 Å². The van der Waals surface area contributed by atoms with Crippen LogP contribution in [0.15, 0.2) is 30.3 Å². The van der Waals surface area contributed by atoms with Crippen LogP contribution in [0.25, 0.3) is 0 Å². The van der Waals surface area contributed by atoms with Gasteiger partial charge in [0.1, 0.15) is 0 Å². The highest BCUT2D eigenvalue weighted by atomic mass is 16.5. The molecule has 0 amide bonds. The van der Waals surface area contributed by atoms with Gasteiger partial charge in [0.15, 0.2) is 0 Å². The van der Waals surface area contributed by atoms with E-state index in [9.17, 15) is 0 Å². The molecular formula is C10H15NO2. The lowest BCUT2D eigenvalue weighted by atomic mass is 10.2. The smallest absolute Gasteiger partial charge is 0.0716 e. The number of rotatable bonds is 6. The van der Waals surface area contributed by atoms with Crippen molar-refractivity contribution in [3.63, 3.8) is 0 Å². The molecule has 1 rings (SSSR count). The number of ether oxygens (including phenoxy) is 1. The van der Waals surface area contributed by atoms with Crippen LogP contribution in [0, 0.1) is 0 Å². The summed E-state index contributed by atoms with van der Waals surface area (Å²) in [4.78, 5) is 0. The lowest BCUT2D eigenvalue weighted by molar-refractivity contribution is 0.101. The Balaban J connectivity index is 2.07. The molecule has 0 spiro atoms. The van der Waals surface area contributed by atoms with Gasteiger partial charge in [-0.15, -0.1) is 0 Å². The molecule has 13 heavy (non-hydrogen) atoms. The van der Waals surface area contributed by atoms with Crippen LogP contribution in [0.2, 0.25) is 0 Å². The van der Waals surface area contributed by atoms with E-state index in [2.05, 4.69) is 5.48 Å². The minimum atomic E-state index is 0.578. The van der Waals surface area contributed by atoms with Gasteiger partial charge >= 0.3 is 0 Å². The molecule has 3 nitrogen and oxygen atoms in total. The van der Waals surface area contributed by atoms with Gasteiger partial charge in [-0.25, -0.2) is 5.48 Å². The molecule has 0 saturated carbocycles. The number of hydroxylamine groups is 1. The number of benzene rings is 1. The molecule has 2 N–H and O–H groups in total. The Hall–Kier alpha value is -0.900. The van der Waals surface area contributed by atoms with E-state index in [1.54, 1.807) is 0 Å². The SMILES string of the molecule is ONCCCOCc1ccccc1. The Morgan fingerprint density at radius 1 is 1.23 bits per heavy atom. The molecule has 0 unspecified atom stereocenters. The molecule has 1 aromatic carbocycles. The van der Waals surface area contributed by atoms with Crippen LogP contribution in [0.3, 0.4) is 0 Å². The summed E-state index contributed by atoms with van der Waals surface area (Å²) < 4.78 is 5.37. The van der Waals surface area contributed by atoms with Crippen molar-refractivity contribution >= 4 is 0 Å². The largest absolute Gasteiger partial charge is 0.377 e. The van der Waals surface area contributed by atoms with E-state index in [-0.39, 0.29) is 0 Å². The quantitative estimate of drug-likeness (QED) is 0.517. The lowest BCUT2D eigenvalue weighted by Crippen LogP contribution is -2.11. The third-order valence-corrected chi connectivity index (χ3v) is 1.69. The average Bonchev–Trinajstić information content (AvgIpc) is 2.19.